The Morgan fingerprint density at radius 1 is 1.22 bits per heavy atom. The van der Waals surface area contributed by atoms with Gasteiger partial charge in [-0.25, -0.2) is 0 Å². The number of hydrogen-bond acceptors (Lipinski definition) is 1. The first-order chi connectivity index (χ1) is 8.90. The third-order valence-corrected chi connectivity index (χ3v) is 4.27. The maximum absolute atomic E-state index is 2.58. The Hall–Kier alpha value is -1.50. The van der Waals surface area contributed by atoms with E-state index in [2.05, 4.69) is 60.4 Å². The summed E-state index contributed by atoms with van der Waals surface area (Å²) in [5.74, 6) is 0.792. The van der Waals surface area contributed by atoms with E-state index in [1.165, 1.54) is 31.5 Å². The summed E-state index contributed by atoms with van der Waals surface area (Å²) < 4.78 is 0. The lowest BCUT2D eigenvalue weighted by Crippen LogP contribution is -2.44. The van der Waals surface area contributed by atoms with Crippen molar-refractivity contribution in [1.82, 2.24) is 0 Å². The van der Waals surface area contributed by atoms with Gasteiger partial charge in [-0.2, -0.15) is 0 Å². The molecule has 1 aromatic rings. The predicted octanol–water partition coefficient (Wildman–Crippen LogP) is 4.18. The highest BCUT2D eigenvalue weighted by atomic mass is 15.2. The van der Waals surface area contributed by atoms with Gasteiger partial charge < -0.3 is 4.90 Å². The van der Waals surface area contributed by atoms with E-state index < -0.39 is 0 Å². The van der Waals surface area contributed by atoms with Gasteiger partial charge in [0.25, 0.3) is 0 Å². The lowest BCUT2D eigenvalue weighted by atomic mass is 9.79. The van der Waals surface area contributed by atoms with Crippen LogP contribution in [0.25, 0.3) is 0 Å². The van der Waals surface area contributed by atoms with Crippen molar-refractivity contribution in [1.29, 1.82) is 0 Å². The molecule has 1 aliphatic heterocycles. The Kier molecular flexibility index (Phi) is 3.22. The number of fused-ring (bicyclic) bond motifs is 1. The van der Waals surface area contributed by atoms with Crippen LogP contribution in [0.3, 0.4) is 0 Å². The maximum atomic E-state index is 2.58. The van der Waals surface area contributed by atoms with Crippen LogP contribution in [0.1, 0.15) is 26.2 Å². The number of allylic oxidation sites excluding steroid dienone is 3. The molecule has 0 spiro atoms. The molecule has 1 heterocycles. The summed E-state index contributed by atoms with van der Waals surface area (Å²) in [7, 11) is 0. The Labute approximate surface area is 110 Å². The standard InChI is InChI=1S/C17H21N/c1-2-17-16-11-7-6-8-14(16)12-13-18(17)15-9-4-3-5-10-15/h3-7,9-11,14,17H,2,8,12-13H2,1H3. The summed E-state index contributed by atoms with van der Waals surface area (Å²) in [5, 5.41) is 0. The molecule has 0 N–H and O–H groups in total. The summed E-state index contributed by atoms with van der Waals surface area (Å²) >= 11 is 0. The molecule has 1 heteroatoms. The van der Waals surface area contributed by atoms with Crippen molar-refractivity contribution in [3.63, 3.8) is 0 Å². The number of nitrogens with zero attached hydrogens (tertiary/aromatic N) is 1. The van der Waals surface area contributed by atoms with Crippen molar-refractivity contribution >= 4 is 5.69 Å². The number of rotatable bonds is 2. The zero-order valence-electron chi connectivity index (χ0n) is 11.0. The van der Waals surface area contributed by atoms with Crippen molar-refractivity contribution in [3.05, 3.63) is 54.1 Å². The molecule has 0 saturated carbocycles. The van der Waals surface area contributed by atoms with Crippen molar-refractivity contribution in [2.24, 2.45) is 5.92 Å². The van der Waals surface area contributed by atoms with Crippen LogP contribution < -0.4 is 4.90 Å². The maximum Gasteiger partial charge on any atom is 0.0505 e. The third-order valence-electron chi connectivity index (χ3n) is 4.27. The minimum Gasteiger partial charge on any atom is -0.365 e. The van der Waals surface area contributed by atoms with E-state index in [1.54, 1.807) is 5.57 Å². The molecule has 0 radical (unpaired) electrons. The highest BCUT2D eigenvalue weighted by Gasteiger charge is 2.31. The molecule has 0 amide bonds. The zero-order chi connectivity index (χ0) is 12.4. The van der Waals surface area contributed by atoms with E-state index in [9.17, 15) is 0 Å². The zero-order valence-corrected chi connectivity index (χ0v) is 11.0. The molecule has 3 rings (SSSR count). The van der Waals surface area contributed by atoms with Gasteiger partial charge in [0.1, 0.15) is 0 Å². The second kappa shape index (κ2) is 5.01. The number of hydrogen-bond donors (Lipinski definition) is 0. The van der Waals surface area contributed by atoms with Crippen molar-refractivity contribution in [2.75, 3.05) is 11.4 Å². The third kappa shape index (κ3) is 1.98. The Morgan fingerprint density at radius 2 is 2.06 bits per heavy atom. The van der Waals surface area contributed by atoms with Crippen LogP contribution >= 0.6 is 0 Å². The molecule has 1 nitrogen and oxygen atoms in total. The Balaban J connectivity index is 1.92. The van der Waals surface area contributed by atoms with Crippen LogP contribution in [0, 0.1) is 5.92 Å². The summed E-state index contributed by atoms with van der Waals surface area (Å²) in [6.07, 6.45) is 10.6. The van der Waals surface area contributed by atoms with Crippen molar-refractivity contribution in [3.8, 4) is 0 Å². The topological polar surface area (TPSA) is 3.24 Å². The van der Waals surface area contributed by atoms with Crippen LogP contribution in [-0.4, -0.2) is 12.6 Å². The van der Waals surface area contributed by atoms with Gasteiger partial charge in [-0.1, -0.05) is 43.4 Å². The van der Waals surface area contributed by atoms with Crippen LogP contribution in [0.2, 0.25) is 0 Å². The van der Waals surface area contributed by atoms with Gasteiger partial charge in [0.2, 0.25) is 0 Å². The van der Waals surface area contributed by atoms with Gasteiger partial charge in [-0.05, 0) is 42.9 Å². The van der Waals surface area contributed by atoms with Crippen molar-refractivity contribution < 1.29 is 0 Å². The number of benzene rings is 1. The lowest BCUT2D eigenvalue weighted by molar-refractivity contribution is 0.435. The quantitative estimate of drug-likeness (QED) is 0.748. The molecule has 1 aromatic carbocycles. The minimum absolute atomic E-state index is 0.594. The first kappa shape index (κ1) is 11.6. The predicted molar refractivity (Wildman–Crippen MR) is 77.8 cm³/mol. The molecule has 2 unspecified atom stereocenters. The number of para-hydroxylation sites is 1. The molecule has 2 aliphatic rings. The fourth-order valence-corrected chi connectivity index (χ4v) is 3.38. The van der Waals surface area contributed by atoms with Crippen molar-refractivity contribution in [2.45, 2.75) is 32.2 Å². The van der Waals surface area contributed by atoms with Crippen LogP contribution in [0.15, 0.2) is 54.1 Å². The van der Waals surface area contributed by atoms with Crippen LogP contribution in [0.4, 0.5) is 5.69 Å². The molecule has 1 aliphatic carbocycles. The van der Waals surface area contributed by atoms with E-state index in [-0.39, 0.29) is 0 Å². The van der Waals surface area contributed by atoms with E-state index >= 15 is 0 Å². The fraction of sp³-hybridized carbons (Fsp3) is 0.412. The number of anilines is 1. The second-order valence-electron chi connectivity index (χ2n) is 5.27. The van der Waals surface area contributed by atoms with E-state index in [4.69, 9.17) is 0 Å². The lowest BCUT2D eigenvalue weighted by Gasteiger charge is -2.43. The number of piperidine rings is 1. The summed E-state index contributed by atoms with van der Waals surface area (Å²) in [4.78, 5) is 2.58. The fourth-order valence-electron chi connectivity index (χ4n) is 3.38. The average molecular weight is 239 g/mol. The summed E-state index contributed by atoms with van der Waals surface area (Å²) in [6.45, 7) is 3.50. The highest BCUT2D eigenvalue weighted by molar-refractivity contribution is 5.51. The molecule has 18 heavy (non-hydrogen) atoms. The molecule has 1 saturated heterocycles. The summed E-state index contributed by atoms with van der Waals surface area (Å²) in [6, 6.07) is 11.5. The molecule has 2 atom stereocenters. The first-order valence-corrected chi connectivity index (χ1v) is 7.08. The molecular weight excluding hydrogens is 218 g/mol. The second-order valence-corrected chi connectivity index (χ2v) is 5.27. The van der Waals surface area contributed by atoms with Gasteiger partial charge in [0, 0.05) is 12.2 Å². The highest BCUT2D eigenvalue weighted by Crippen LogP contribution is 2.37. The first-order valence-electron chi connectivity index (χ1n) is 7.08. The monoisotopic (exact) mass is 239 g/mol. The molecule has 0 aromatic heterocycles. The Bertz CT molecular complexity index is 458. The van der Waals surface area contributed by atoms with E-state index in [1.807, 2.05) is 0 Å². The van der Waals surface area contributed by atoms with Gasteiger partial charge in [-0.15, -0.1) is 0 Å². The van der Waals surface area contributed by atoms with Gasteiger partial charge in [-0.3, -0.25) is 0 Å². The summed E-state index contributed by atoms with van der Waals surface area (Å²) in [5.41, 5.74) is 3.02. The van der Waals surface area contributed by atoms with Gasteiger partial charge in [0.15, 0.2) is 0 Å². The van der Waals surface area contributed by atoms with Crippen LogP contribution in [-0.2, 0) is 0 Å². The average Bonchev–Trinajstić information content (AvgIpc) is 2.47. The van der Waals surface area contributed by atoms with Crippen LogP contribution in [0.5, 0.6) is 0 Å². The van der Waals surface area contributed by atoms with E-state index in [0.717, 1.165) is 5.92 Å². The Morgan fingerprint density at radius 3 is 2.83 bits per heavy atom. The van der Waals surface area contributed by atoms with Gasteiger partial charge >= 0.3 is 0 Å². The largest absolute Gasteiger partial charge is 0.365 e. The van der Waals surface area contributed by atoms with Gasteiger partial charge in [0.05, 0.1) is 6.04 Å². The normalized spacial score (nSPS) is 26.7. The molecular formula is C17H21N. The molecule has 94 valence electrons. The minimum atomic E-state index is 0.594. The molecule has 0 bridgehead atoms. The van der Waals surface area contributed by atoms with E-state index in [0.29, 0.717) is 6.04 Å². The SMILES string of the molecule is CCC1C2=CC=CCC2CCN1c1ccccc1. The molecule has 1 fully saturated rings. The smallest absolute Gasteiger partial charge is 0.0505 e.